The van der Waals surface area contributed by atoms with Gasteiger partial charge in [0.25, 0.3) is 5.69 Å². The zero-order valence-electron chi connectivity index (χ0n) is 14.2. The van der Waals surface area contributed by atoms with Gasteiger partial charge in [0, 0.05) is 49.8 Å². The van der Waals surface area contributed by atoms with Gasteiger partial charge in [-0.1, -0.05) is 0 Å². The van der Waals surface area contributed by atoms with Gasteiger partial charge in [0.05, 0.1) is 17.2 Å². The van der Waals surface area contributed by atoms with Crippen molar-refractivity contribution in [2.75, 3.05) is 47.0 Å². The Bertz CT molecular complexity index is 893. The molecule has 2 aromatic rings. The van der Waals surface area contributed by atoms with E-state index in [1.54, 1.807) is 12.1 Å². The van der Waals surface area contributed by atoms with E-state index in [2.05, 4.69) is 14.6 Å². The maximum absolute atomic E-state index is 11.2. The van der Waals surface area contributed by atoms with Crippen molar-refractivity contribution in [1.29, 1.82) is 0 Å². The summed E-state index contributed by atoms with van der Waals surface area (Å²) < 4.78 is 24.9. The third kappa shape index (κ3) is 4.39. The number of aromatic nitrogens is 1. The molecule has 1 saturated heterocycles. The lowest BCUT2D eigenvalue weighted by atomic mass is 10.2. The molecule has 1 N–H and O–H groups in total. The Balaban J connectivity index is 1.63. The Hall–Kier alpha value is -2.88. The summed E-state index contributed by atoms with van der Waals surface area (Å²) in [6.07, 6.45) is 2.56. The Morgan fingerprint density at radius 1 is 1.08 bits per heavy atom. The molecule has 0 aliphatic carbocycles. The second-order valence-corrected chi connectivity index (χ2v) is 7.77. The molecule has 0 amide bonds. The van der Waals surface area contributed by atoms with Crippen molar-refractivity contribution in [3.05, 3.63) is 52.7 Å². The fraction of sp³-hybridized carbons (Fsp3) is 0.312. The van der Waals surface area contributed by atoms with Crippen LogP contribution in [0.5, 0.6) is 0 Å². The van der Waals surface area contributed by atoms with Crippen molar-refractivity contribution in [2.24, 2.45) is 0 Å². The fourth-order valence-corrected chi connectivity index (χ4v) is 3.41. The Labute approximate surface area is 151 Å². The van der Waals surface area contributed by atoms with Crippen molar-refractivity contribution < 1.29 is 13.3 Å². The zero-order valence-corrected chi connectivity index (χ0v) is 15.0. The van der Waals surface area contributed by atoms with Gasteiger partial charge >= 0.3 is 0 Å². The molecule has 2 heterocycles. The summed E-state index contributed by atoms with van der Waals surface area (Å²) >= 11 is 0. The highest BCUT2D eigenvalue weighted by atomic mass is 32.2. The van der Waals surface area contributed by atoms with Gasteiger partial charge in [0.2, 0.25) is 10.0 Å². The lowest BCUT2D eigenvalue weighted by molar-refractivity contribution is -0.384. The summed E-state index contributed by atoms with van der Waals surface area (Å²) in [6.45, 7) is 2.86. The number of rotatable bonds is 5. The van der Waals surface area contributed by atoms with E-state index in [4.69, 9.17) is 0 Å². The van der Waals surface area contributed by atoms with Crippen LogP contribution in [0.3, 0.4) is 0 Å². The quantitative estimate of drug-likeness (QED) is 0.624. The van der Waals surface area contributed by atoms with Crippen LogP contribution in [0.25, 0.3) is 0 Å². The van der Waals surface area contributed by atoms with Crippen molar-refractivity contribution in [3.63, 3.8) is 0 Å². The largest absolute Gasteiger partial charge is 0.368 e. The van der Waals surface area contributed by atoms with E-state index in [9.17, 15) is 18.5 Å². The minimum atomic E-state index is -3.29. The zero-order chi connectivity index (χ0) is 18.7. The molecular formula is C16H19N5O4S. The molecule has 0 unspecified atom stereocenters. The molecule has 26 heavy (non-hydrogen) atoms. The summed E-state index contributed by atoms with van der Waals surface area (Å²) in [5.41, 5.74) is 1.55. The minimum absolute atomic E-state index is 0.0337. The van der Waals surface area contributed by atoms with E-state index >= 15 is 0 Å². The number of sulfonamides is 1. The summed E-state index contributed by atoms with van der Waals surface area (Å²) in [4.78, 5) is 18.9. The van der Waals surface area contributed by atoms with E-state index in [0.29, 0.717) is 24.6 Å². The highest BCUT2D eigenvalue weighted by Gasteiger charge is 2.20. The number of pyridine rings is 1. The van der Waals surface area contributed by atoms with Gasteiger partial charge in [-0.05, 0) is 24.3 Å². The van der Waals surface area contributed by atoms with E-state index in [-0.39, 0.29) is 5.69 Å². The second kappa shape index (κ2) is 7.16. The molecule has 0 atom stereocenters. The van der Waals surface area contributed by atoms with E-state index in [1.807, 2.05) is 17.0 Å². The maximum Gasteiger partial charge on any atom is 0.274 e. The molecule has 9 nitrogen and oxygen atoms in total. The van der Waals surface area contributed by atoms with Crippen LogP contribution < -0.4 is 14.5 Å². The standard InChI is InChI=1S/C16H19N5O4S/c1-26(24,25)18-13-2-4-14(5-3-13)19-8-10-20(11-9-19)16-12-15(21(22)23)6-7-17-16/h2-7,12,18H,8-11H2,1H3. The van der Waals surface area contributed by atoms with Gasteiger partial charge in [-0.3, -0.25) is 14.8 Å². The molecule has 0 radical (unpaired) electrons. The number of hydrogen-bond donors (Lipinski definition) is 1. The first kappa shape index (κ1) is 17.9. The predicted octanol–water partition coefficient (Wildman–Crippen LogP) is 1.69. The summed E-state index contributed by atoms with van der Waals surface area (Å²) in [7, 11) is -3.29. The Kier molecular flexibility index (Phi) is 4.94. The van der Waals surface area contributed by atoms with Crippen LogP contribution in [0.4, 0.5) is 22.9 Å². The molecule has 1 aromatic heterocycles. The lowest BCUT2D eigenvalue weighted by Crippen LogP contribution is -2.46. The van der Waals surface area contributed by atoms with Crippen molar-refractivity contribution in [3.8, 4) is 0 Å². The number of nitrogens with zero attached hydrogens (tertiary/aromatic N) is 4. The summed E-state index contributed by atoms with van der Waals surface area (Å²) in [5, 5.41) is 10.9. The molecule has 1 aliphatic heterocycles. The highest BCUT2D eigenvalue weighted by Crippen LogP contribution is 2.23. The maximum atomic E-state index is 11.2. The van der Waals surface area contributed by atoms with E-state index < -0.39 is 14.9 Å². The van der Waals surface area contributed by atoms with Gasteiger partial charge in [-0.25, -0.2) is 13.4 Å². The van der Waals surface area contributed by atoms with Gasteiger partial charge in [0.15, 0.2) is 0 Å². The molecule has 0 bridgehead atoms. The van der Waals surface area contributed by atoms with E-state index in [0.717, 1.165) is 25.0 Å². The molecule has 138 valence electrons. The number of benzene rings is 1. The molecule has 3 rings (SSSR count). The molecule has 10 heteroatoms. The minimum Gasteiger partial charge on any atom is -0.368 e. The number of nitrogens with one attached hydrogen (secondary N) is 1. The number of anilines is 3. The summed E-state index contributed by atoms with van der Waals surface area (Å²) in [5.74, 6) is 0.603. The van der Waals surface area contributed by atoms with Crippen molar-refractivity contribution in [1.82, 2.24) is 4.98 Å². The smallest absolute Gasteiger partial charge is 0.274 e. The number of nitro groups is 1. The first-order valence-electron chi connectivity index (χ1n) is 8.00. The summed E-state index contributed by atoms with van der Waals surface area (Å²) in [6, 6.07) is 10.1. The third-order valence-electron chi connectivity index (χ3n) is 4.08. The molecule has 0 saturated carbocycles. The first-order valence-corrected chi connectivity index (χ1v) is 9.89. The van der Waals surface area contributed by atoms with Gasteiger partial charge in [-0.2, -0.15) is 0 Å². The average molecular weight is 377 g/mol. The number of hydrogen-bond acceptors (Lipinski definition) is 7. The van der Waals surface area contributed by atoms with Crippen LogP contribution in [0.15, 0.2) is 42.6 Å². The van der Waals surface area contributed by atoms with Crippen molar-refractivity contribution in [2.45, 2.75) is 0 Å². The monoisotopic (exact) mass is 377 g/mol. The molecule has 1 fully saturated rings. The number of piperazine rings is 1. The first-order chi connectivity index (χ1) is 12.3. The third-order valence-corrected chi connectivity index (χ3v) is 4.69. The van der Waals surface area contributed by atoms with Crippen LogP contribution in [0, 0.1) is 10.1 Å². The van der Waals surface area contributed by atoms with Crippen LogP contribution in [0.1, 0.15) is 0 Å². The van der Waals surface area contributed by atoms with Crippen LogP contribution in [-0.2, 0) is 10.0 Å². The fourth-order valence-electron chi connectivity index (χ4n) is 2.84. The van der Waals surface area contributed by atoms with Gasteiger partial charge < -0.3 is 9.80 Å². The SMILES string of the molecule is CS(=O)(=O)Nc1ccc(N2CCN(c3cc([N+](=O)[O-])ccn3)CC2)cc1. The average Bonchev–Trinajstić information content (AvgIpc) is 2.61. The molecular weight excluding hydrogens is 358 g/mol. The van der Waals surface area contributed by atoms with Crippen LogP contribution in [0.2, 0.25) is 0 Å². The molecule has 1 aliphatic rings. The van der Waals surface area contributed by atoms with E-state index in [1.165, 1.54) is 18.3 Å². The van der Waals surface area contributed by atoms with Crippen LogP contribution in [-0.4, -0.2) is 50.8 Å². The molecule has 1 aromatic carbocycles. The normalized spacial score (nSPS) is 15.0. The van der Waals surface area contributed by atoms with Gasteiger partial charge in [-0.15, -0.1) is 0 Å². The lowest BCUT2D eigenvalue weighted by Gasteiger charge is -2.36. The van der Waals surface area contributed by atoms with Crippen molar-refractivity contribution >= 4 is 32.9 Å². The van der Waals surface area contributed by atoms with Gasteiger partial charge in [0.1, 0.15) is 5.82 Å². The Morgan fingerprint density at radius 2 is 1.69 bits per heavy atom. The highest BCUT2D eigenvalue weighted by molar-refractivity contribution is 7.92. The second-order valence-electron chi connectivity index (χ2n) is 6.02. The Morgan fingerprint density at radius 3 is 2.27 bits per heavy atom. The molecule has 0 spiro atoms. The van der Waals surface area contributed by atoms with Crippen LogP contribution >= 0.6 is 0 Å². The predicted molar refractivity (Wildman–Crippen MR) is 100 cm³/mol. The topological polar surface area (TPSA) is 109 Å².